The number of nitrogens with zero attached hydrogens (tertiary/aromatic N) is 1. The molecule has 0 N–H and O–H groups in total. The summed E-state index contributed by atoms with van der Waals surface area (Å²) in [5.74, 6) is -0.387. The van der Waals surface area contributed by atoms with Crippen LogP contribution in [0.5, 0.6) is 0 Å². The van der Waals surface area contributed by atoms with Crippen LogP contribution in [0.2, 0.25) is 0 Å². The number of alkyl halides is 1. The fourth-order valence-electron chi connectivity index (χ4n) is 1.10. The van der Waals surface area contributed by atoms with Gasteiger partial charge in [-0.05, 0) is 30.2 Å². The molecule has 1 aromatic carbocycles. The molecule has 0 bridgehead atoms. The molecule has 74 valence electrons. The van der Waals surface area contributed by atoms with Crippen LogP contribution in [-0.2, 0) is 6.42 Å². The Labute approximate surface area is 99.2 Å². The Balaban J connectivity index is 2.86. The lowest BCUT2D eigenvalue weighted by atomic mass is 10.0. The molecule has 4 heteroatoms. The fraction of sp³-hybridized carbons (Fsp3) is 0.300. The average molecular weight is 321 g/mol. The lowest BCUT2D eigenvalue weighted by molar-refractivity contribution is 0.622. The van der Waals surface area contributed by atoms with Crippen LogP contribution in [-0.4, -0.2) is 5.33 Å². The van der Waals surface area contributed by atoms with E-state index < -0.39 is 0 Å². The first-order valence-corrected chi connectivity index (χ1v) is 5.98. The summed E-state index contributed by atoms with van der Waals surface area (Å²) in [6.45, 7) is 0. The molecule has 1 aromatic rings. The summed E-state index contributed by atoms with van der Waals surface area (Å²) in [4.78, 5) is 0. The average Bonchev–Trinajstić information content (AvgIpc) is 2.19. The first-order chi connectivity index (χ1) is 6.67. The van der Waals surface area contributed by atoms with Crippen LogP contribution in [0.1, 0.15) is 5.56 Å². The number of rotatable bonds is 3. The van der Waals surface area contributed by atoms with Crippen molar-refractivity contribution in [3.63, 3.8) is 0 Å². The minimum Gasteiger partial charge on any atom is -0.207 e. The van der Waals surface area contributed by atoms with Gasteiger partial charge >= 0.3 is 0 Å². The number of hydrogen-bond acceptors (Lipinski definition) is 1. The van der Waals surface area contributed by atoms with E-state index in [1.807, 2.05) is 0 Å². The van der Waals surface area contributed by atoms with E-state index >= 15 is 0 Å². The van der Waals surface area contributed by atoms with Crippen molar-refractivity contribution in [3.8, 4) is 6.07 Å². The zero-order chi connectivity index (χ0) is 10.6. The smallest absolute Gasteiger partial charge is 0.123 e. The first-order valence-electron chi connectivity index (χ1n) is 4.07. The summed E-state index contributed by atoms with van der Waals surface area (Å²) in [5, 5.41) is 9.36. The Kier molecular flexibility index (Phi) is 4.56. The summed E-state index contributed by atoms with van der Waals surface area (Å²) in [6.07, 6.45) is 0.556. The van der Waals surface area contributed by atoms with Crippen molar-refractivity contribution in [1.82, 2.24) is 0 Å². The highest BCUT2D eigenvalue weighted by molar-refractivity contribution is 9.10. The van der Waals surface area contributed by atoms with E-state index in [0.29, 0.717) is 11.8 Å². The number of nitriles is 1. The predicted octanol–water partition coefficient (Wildman–Crippen LogP) is 3.67. The minimum absolute atomic E-state index is 0.118. The molecule has 0 aliphatic carbocycles. The largest absolute Gasteiger partial charge is 0.207 e. The van der Waals surface area contributed by atoms with Gasteiger partial charge in [0.05, 0.1) is 12.0 Å². The summed E-state index contributed by atoms with van der Waals surface area (Å²) >= 11 is 6.57. The molecule has 0 saturated heterocycles. The first kappa shape index (κ1) is 11.7. The van der Waals surface area contributed by atoms with Crippen molar-refractivity contribution in [1.29, 1.82) is 5.26 Å². The second-order valence-corrected chi connectivity index (χ2v) is 4.42. The number of benzene rings is 1. The van der Waals surface area contributed by atoms with Gasteiger partial charge < -0.3 is 0 Å². The molecular formula is C10H8Br2FN. The maximum absolute atomic E-state index is 12.9. The molecule has 0 spiro atoms. The third-order valence-electron chi connectivity index (χ3n) is 1.84. The molecule has 0 aliphatic heterocycles. The summed E-state index contributed by atoms with van der Waals surface area (Å²) in [6, 6.07) is 6.66. The second-order valence-electron chi connectivity index (χ2n) is 2.92. The van der Waals surface area contributed by atoms with E-state index in [0.717, 1.165) is 10.0 Å². The maximum atomic E-state index is 12.9. The van der Waals surface area contributed by atoms with Crippen LogP contribution in [0.25, 0.3) is 0 Å². The summed E-state index contributed by atoms with van der Waals surface area (Å²) < 4.78 is 13.7. The van der Waals surface area contributed by atoms with Gasteiger partial charge in [0, 0.05) is 9.80 Å². The molecule has 0 saturated carbocycles. The van der Waals surface area contributed by atoms with Crippen molar-refractivity contribution in [2.24, 2.45) is 5.92 Å². The summed E-state index contributed by atoms with van der Waals surface area (Å²) in [5.41, 5.74) is 0.830. The molecule has 0 fully saturated rings. The van der Waals surface area contributed by atoms with E-state index in [4.69, 9.17) is 5.26 Å². The van der Waals surface area contributed by atoms with E-state index in [1.165, 1.54) is 12.1 Å². The van der Waals surface area contributed by atoms with Crippen molar-refractivity contribution < 1.29 is 4.39 Å². The standard InChI is InChI=1S/C10H8Br2FN/c11-5-7(6-14)3-8-4-9(13)1-2-10(8)12/h1-2,4,7H,3,5H2. The molecule has 1 atom stereocenters. The molecule has 1 unspecified atom stereocenters. The van der Waals surface area contributed by atoms with E-state index in [1.54, 1.807) is 6.07 Å². The van der Waals surface area contributed by atoms with Crippen LogP contribution in [0.15, 0.2) is 22.7 Å². The van der Waals surface area contributed by atoms with Gasteiger partial charge in [0.15, 0.2) is 0 Å². The zero-order valence-corrected chi connectivity index (χ0v) is 10.5. The molecular weight excluding hydrogens is 313 g/mol. The molecule has 0 amide bonds. The van der Waals surface area contributed by atoms with Gasteiger partial charge in [-0.2, -0.15) is 5.26 Å². The van der Waals surface area contributed by atoms with Gasteiger partial charge in [-0.15, -0.1) is 0 Å². The van der Waals surface area contributed by atoms with Crippen molar-refractivity contribution in [3.05, 3.63) is 34.1 Å². The Bertz CT molecular complexity index is 360. The molecule has 0 radical (unpaired) electrons. The van der Waals surface area contributed by atoms with Crippen LogP contribution in [0.4, 0.5) is 4.39 Å². The highest BCUT2D eigenvalue weighted by atomic mass is 79.9. The maximum Gasteiger partial charge on any atom is 0.123 e. The minimum atomic E-state index is -0.269. The molecule has 0 aromatic heterocycles. The monoisotopic (exact) mass is 319 g/mol. The molecule has 1 nitrogen and oxygen atoms in total. The van der Waals surface area contributed by atoms with E-state index in [2.05, 4.69) is 37.9 Å². The Morgan fingerprint density at radius 2 is 2.21 bits per heavy atom. The van der Waals surface area contributed by atoms with E-state index in [-0.39, 0.29) is 11.7 Å². The zero-order valence-electron chi connectivity index (χ0n) is 7.30. The molecule has 0 aliphatic rings. The summed E-state index contributed by atoms with van der Waals surface area (Å²) in [7, 11) is 0. The molecule has 14 heavy (non-hydrogen) atoms. The van der Waals surface area contributed by atoms with Gasteiger partial charge in [0.1, 0.15) is 5.82 Å². The Morgan fingerprint density at radius 1 is 1.50 bits per heavy atom. The third kappa shape index (κ3) is 3.07. The molecule has 0 heterocycles. The lowest BCUT2D eigenvalue weighted by Crippen LogP contribution is -2.03. The van der Waals surface area contributed by atoms with Crippen LogP contribution >= 0.6 is 31.9 Å². The van der Waals surface area contributed by atoms with Crippen molar-refractivity contribution >= 4 is 31.9 Å². The Hall–Kier alpha value is -0.400. The topological polar surface area (TPSA) is 23.8 Å². The highest BCUT2D eigenvalue weighted by Gasteiger charge is 2.09. The van der Waals surface area contributed by atoms with Crippen LogP contribution < -0.4 is 0 Å². The third-order valence-corrected chi connectivity index (χ3v) is 3.40. The van der Waals surface area contributed by atoms with Crippen molar-refractivity contribution in [2.75, 3.05) is 5.33 Å². The number of halogens is 3. The molecule has 1 rings (SSSR count). The second kappa shape index (κ2) is 5.47. The SMILES string of the molecule is N#CC(CBr)Cc1cc(F)ccc1Br. The lowest BCUT2D eigenvalue weighted by Gasteiger charge is -2.07. The van der Waals surface area contributed by atoms with Gasteiger partial charge in [0.2, 0.25) is 0 Å². The van der Waals surface area contributed by atoms with Crippen LogP contribution in [0.3, 0.4) is 0 Å². The predicted molar refractivity (Wildman–Crippen MR) is 60.7 cm³/mol. The normalized spacial score (nSPS) is 12.1. The fourth-order valence-corrected chi connectivity index (χ4v) is 1.88. The highest BCUT2D eigenvalue weighted by Crippen LogP contribution is 2.21. The Morgan fingerprint density at radius 3 is 2.79 bits per heavy atom. The van der Waals surface area contributed by atoms with Gasteiger partial charge in [-0.1, -0.05) is 31.9 Å². The van der Waals surface area contributed by atoms with E-state index in [9.17, 15) is 4.39 Å². The van der Waals surface area contributed by atoms with Gasteiger partial charge in [0.25, 0.3) is 0 Å². The van der Waals surface area contributed by atoms with Gasteiger partial charge in [-0.25, -0.2) is 4.39 Å². The number of hydrogen-bond donors (Lipinski definition) is 0. The van der Waals surface area contributed by atoms with Crippen LogP contribution in [0, 0.1) is 23.1 Å². The quantitative estimate of drug-likeness (QED) is 0.780. The van der Waals surface area contributed by atoms with Gasteiger partial charge in [-0.3, -0.25) is 0 Å². The van der Waals surface area contributed by atoms with Crippen molar-refractivity contribution in [2.45, 2.75) is 6.42 Å².